The second-order valence-electron chi connectivity index (χ2n) is 4.50. The number of piperidine rings is 1. The summed E-state index contributed by atoms with van der Waals surface area (Å²) < 4.78 is 24.0. The molecule has 2 heterocycles. The van der Waals surface area contributed by atoms with Crippen LogP contribution >= 0.6 is 11.3 Å². The highest BCUT2D eigenvalue weighted by Crippen LogP contribution is 2.25. The molecule has 2 rings (SSSR count). The molecule has 0 atom stereocenters. The van der Waals surface area contributed by atoms with Gasteiger partial charge < -0.3 is 10.2 Å². The molecule has 1 aliphatic rings. The van der Waals surface area contributed by atoms with E-state index < -0.39 is 13.0 Å². The highest BCUT2D eigenvalue weighted by Gasteiger charge is 2.26. The first-order chi connectivity index (χ1) is 9.06. The van der Waals surface area contributed by atoms with Crippen LogP contribution in [0, 0.1) is 12.8 Å². The molecule has 0 unspecified atom stereocenters. The van der Waals surface area contributed by atoms with Gasteiger partial charge in [-0.2, -0.15) is 0 Å². The molecular weight excluding hydrogens is 274 g/mol. The molecule has 0 bridgehead atoms. The quantitative estimate of drug-likeness (QED) is 0.911. The van der Waals surface area contributed by atoms with Crippen LogP contribution in [0.5, 0.6) is 0 Å². The highest BCUT2D eigenvalue weighted by molar-refractivity contribution is 7.15. The van der Waals surface area contributed by atoms with Gasteiger partial charge in [-0.15, -0.1) is 10.2 Å². The predicted molar refractivity (Wildman–Crippen MR) is 68.6 cm³/mol. The highest BCUT2D eigenvalue weighted by atomic mass is 32.1. The van der Waals surface area contributed by atoms with Crippen LogP contribution in [0.4, 0.5) is 13.9 Å². The summed E-state index contributed by atoms with van der Waals surface area (Å²) in [7, 11) is 0. The van der Waals surface area contributed by atoms with Crippen molar-refractivity contribution < 1.29 is 13.6 Å². The number of carbonyl (C=O) groups is 1. The Bertz CT molecular complexity index is 432. The van der Waals surface area contributed by atoms with E-state index in [1.54, 1.807) is 0 Å². The minimum absolute atomic E-state index is 0.177. The maximum atomic E-state index is 12.0. The summed E-state index contributed by atoms with van der Waals surface area (Å²) in [5, 5.41) is 12.1. The van der Waals surface area contributed by atoms with Crippen LogP contribution in [0.1, 0.15) is 17.8 Å². The number of carbonyl (C=O) groups excluding carboxylic acids is 1. The lowest BCUT2D eigenvalue weighted by molar-refractivity contribution is -0.126. The molecule has 1 aromatic heterocycles. The van der Waals surface area contributed by atoms with Crippen molar-refractivity contribution in [2.75, 3.05) is 24.5 Å². The second kappa shape index (κ2) is 6.23. The molecule has 1 amide bonds. The summed E-state index contributed by atoms with van der Waals surface area (Å²) in [6.45, 7) is 2.75. The first-order valence-corrected chi connectivity index (χ1v) is 6.99. The average molecular weight is 290 g/mol. The molecule has 1 N–H and O–H groups in total. The van der Waals surface area contributed by atoms with Gasteiger partial charge in [0.15, 0.2) is 0 Å². The largest absolute Gasteiger partial charge is 0.350 e. The van der Waals surface area contributed by atoms with Gasteiger partial charge in [0, 0.05) is 19.0 Å². The predicted octanol–water partition coefficient (Wildman–Crippen LogP) is 1.44. The van der Waals surface area contributed by atoms with Crippen molar-refractivity contribution >= 4 is 22.4 Å². The zero-order valence-corrected chi connectivity index (χ0v) is 11.4. The zero-order chi connectivity index (χ0) is 13.8. The van der Waals surface area contributed by atoms with Crippen molar-refractivity contribution in [1.82, 2.24) is 15.5 Å². The number of amides is 1. The third-order valence-corrected chi connectivity index (χ3v) is 3.98. The van der Waals surface area contributed by atoms with E-state index in [0.29, 0.717) is 25.9 Å². The number of halogens is 2. The van der Waals surface area contributed by atoms with Gasteiger partial charge in [-0.1, -0.05) is 11.3 Å². The second-order valence-corrected chi connectivity index (χ2v) is 5.66. The fraction of sp³-hybridized carbons (Fsp3) is 0.727. The number of nitrogens with one attached hydrogen (secondary N) is 1. The molecule has 8 heteroatoms. The van der Waals surface area contributed by atoms with Gasteiger partial charge in [-0.25, -0.2) is 8.78 Å². The van der Waals surface area contributed by atoms with Crippen molar-refractivity contribution in [2.24, 2.45) is 5.92 Å². The Morgan fingerprint density at radius 1 is 1.47 bits per heavy atom. The number of rotatable bonds is 4. The van der Waals surface area contributed by atoms with Gasteiger partial charge in [0.05, 0.1) is 6.54 Å². The fourth-order valence-electron chi connectivity index (χ4n) is 2.07. The van der Waals surface area contributed by atoms with E-state index in [2.05, 4.69) is 20.4 Å². The lowest BCUT2D eigenvalue weighted by atomic mass is 9.96. The van der Waals surface area contributed by atoms with Gasteiger partial charge in [0.25, 0.3) is 6.43 Å². The minimum Gasteiger partial charge on any atom is -0.350 e. The van der Waals surface area contributed by atoms with Crippen LogP contribution in [0.2, 0.25) is 0 Å². The van der Waals surface area contributed by atoms with Crippen molar-refractivity contribution in [1.29, 1.82) is 0 Å². The van der Waals surface area contributed by atoms with Crippen molar-refractivity contribution in [3.63, 3.8) is 0 Å². The summed E-state index contributed by atoms with van der Waals surface area (Å²) in [6, 6.07) is 0. The summed E-state index contributed by atoms with van der Waals surface area (Å²) >= 11 is 1.52. The van der Waals surface area contributed by atoms with Crippen molar-refractivity contribution in [3.8, 4) is 0 Å². The van der Waals surface area contributed by atoms with Crippen LogP contribution in [-0.2, 0) is 4.79 Å². The van der Waals surface area contributed by atoms with Gasteiger partial charge in [0.2, 0.25) is 11.0 Å². The third kappa shape index (κ3) is 3.82. The molecule has 1 aromatic rings. The van der Waals surface area contributed by atoms with Crippen LogP contribution in [0.15, 0.2) is 0 Å². The molecule has 0 spiro atoms. The number of aromatic nitrogens is 2. The normalized spacial score (nSPS) is 16.9. The molecule has 1 saturated heterocycles. The lowest BCUT2D eigenvalue weighted by Gasteiger charge is -2.30. The first kappa shape index (κ1) is 14.1. The van der Waals surface area contributed by atoms with Crippen LogP contribution in [0.3, 0.4) is 0 Å². The van der Waals surface area contributed by atoms with E-state index in [0.717, 1.165) is 10.1 Å². The molecule has 0 aliphatic carbocycles. The number of aryl methyl sites for hydroxylation is 1. The van der Waals surface area contributed by atoms with Crippen molar-refractivity contribution in [2.45, 2.75) is 26.2 Å². The molecular formula is C11H16F2N4OS. The van der Waals surface area contributed by atoms with E-state index in [1.165, 1.54) is 11.3 Å². The monoisotopic (exact) mass is 290 g/mol. The SMILES string of the molecule is Cc1nnc(N2CCC(C(=O)NCC(F)F)CC2)s1. The maximum absolute atomic E-state index is 12.0. The maximum Gasteiger partial charge on any atom is 0.255 e. The van der Waals surface area contributed by atoms with Crippen LogP contribution in [0.25, 0.3) is 0 Å². The summed E-state index contributed by atoms with van der Waals surface area (Å²) in [6.07, 6.45) is -1.17. The Morgan fingerprint density at radius 2 is 2.16 bits per heavy atom. The third-order valence-electron chi connectivity index (χ3n) is 3.08. The number of alkyl halides is 2. The molecule has 5 nitrogen and oxygen atoms in total. The summed E-state index contributed by atoms with van der Waals surface area (Å²) in [5.74, 6) is -0.447. The summed E-state index contributed by atoms with van der Waals surface area (Å²) in [4.78, 5) is 13.7. The molecule has 106 valence electrons. The smallest absolute Gasteiger partial charge is 0.255 e. The standard InChI is InChI=1S/C11H16F2N4OS/c1-7-15-16-11(19-7)17-4-2-8(3-5-17)10(18)14-6-9(12)13/h8-9H,2-6H2,1H3,(H,14,18). The van der Waals surface area contributed by atoms with E-state index in [4.69, 9.17) is 0 Å². The van der Waals surface area contributed by atoms with Gasteiger partial charge in [0.1, 0.15) is 5.01 Å². The van der Waals surface area contributed by atoms with Gasteiger partial charge in [-0.05, 0) is 19.8 Å². The van der Waals surface area contributed by atoms with Crippen LogP contribution in [-0.4, -0.2) is 42.2 Å². The Hall–Kier alpha value is -1.31. The molecule has 0 saturated carbocycles. The van der Waals surface area contributed by atoms with E-state index >= 15 is 0 Å². The summed E-state index contributed by atoms with van der Waals surface area (Å²) in [5.41, 5.74) is 0. The number of hydrogen-bond donors (Lipinski definition) is 1. The van der Waals surface area contributed by atoms with E-state index in [-0.39, 0.29) is 11.8 Å². The Labute approximate surface area is 114 Å². The molecule has 0 radical (unpaired) electrons. The number of nitrogens with zero attached hydrogens (tertiary/aromatic N) is 3. The average Bonchev–Trinajstić information content (AvgIpc) is 2.83. The first-order valence-electron chi connectivity index (χ1n) is 6.17. The minimum atomic E-state index is -2.49. The Balaban J connectivity index is 1.80. The lowest BCUT2D eigenvalue weighted by Crippen LogP contribution is -2.41. The van der Waals surface area contributed by atoms with Gasteiger partial charge >= 0.3 is 0 Å². The molecule has 19 heavy (non-hydrogen) atoms. The van der Waals surface area contributed by atoms with Crippen molar-refractivity contribution in [3.05, 3.63) is 5.01 Å². The van der Waals surface area contributed by atoms with E-state index in [1.807, 2.05) is 6.92 Å². The number of anilines is 1. The topological polar surface area (TPSA) is 58.1 Å². The Kier molecular flexibility index (Phi) is 4.62. The van der Waals surface area contributed by atoms with Crippen LogP contribution < -0.4 is 10.2 Å². The molecule has 1 aliphatic heterocycles. The van der Waals surface area contributed by atoms with Gasteiger partial charge in [-0.3, -0.25) is 4.79 Å². The molecule has 1 fully saturated rings. The van der Waals surface area contributed by atoms with E-state index in [9.17, 15) is 13.6 Å². The zero-order valence-electron chi connectivity index (χ0n) is 10.6. The fourth-order valence-corrected chi connectivity index (χ4v) is 2.81. The number of hydrogen-bond acceptors (Lipinski definition) is 5. The molecule has 0 aromatic carbocycles. The Morgan fingerprint density at radius 3 is 2.68 bits per heavy atom.